The second kappa shape index (κ2) is 5.35. The Hall–Kier alpha value is -2.02. The number of nitrogens with one attached hydrogen (secondary N) is 1. The number of hydrogen-bond donors (Lipinski definition) is 1. The molecular formula is C16H17N. The van der Waals surface area contributed by atoms with Gasteiger partial charge >= 0.3 is 0 Å². The number of anilines is 1. The fourth-order valence-electron chi connectivity index (χ4n) is 1.63. The van der Waals surface area contributed by atoms with Crippen LogP contribution >= 0.6 is 0 Å². The highest BCUT2D eigenvalue weighted by Gasteiger charge is 1.94. The van der Waals surface area contributed by atoms with Gasteiger partial charge in [-0.15, -0.1) is 0 Å². The lowest BCUT2D eigenvalue weighted by molar-refractivity contribution is 1.44. The van der Waals surface area contributed by atoms with E-state index in [9.17, 15) is 0 Å². The monoisotopic (exact) mass is 223 g/mol. The fraction of sp³-hybridized carbons (Fsp3) is 0.125. The number of allylic oxidation sites excluding steroid dienone is 1. The van der Waals surface area contributed by atoms with E-state index >= 15 is 0 Å². The molecule has 0 aromatic heterocycles. The summed E-state index contributed by atoms with van der Waals surface area (Å²) in [7, 11) is 0. The third-order valence-corrected chi connectivity index (χ3v) is 2.74. The minimum Gasteiger partial charge on any atom is -0.361 e. The van der Waals surface area contributed by atoms with Gasteiger partial charge in [0.25, 0.3) is 0 Å². The summed E-state index contributed by atoms with van der Waals surface area (Å²) in [5.74, 6) is 0. The number of rotatable bonds is 3. The highest BCUT2D eigenvalue weighted by Crippen LogP contribution is 2.15. The largest absolute Gasteiger partial charge is 0.361 e. The van der Waals surface area contributed by atoms with Crippen LogP contribution in [-0.2, 0) is 0 Å². The first-order valence-electron chi connectivity index (χ1n) is 5.81. The van der Waals surface area contributed by atoms with E-state index in [0.29, 0.717) is 0 Å². The van der Waals surface area contributed by atoms with Crippen LogP contribution < -0.4 is 5.32 Å². The average Bonchev–Trinajstić information content (AvgIpc) is 2.38. The van der Waals surface area contributed by atoms with Gasteiger partial charge < -0.3 is 5.32 Å². The van der Waals surface area contributed by atoms with Crippen LogP contribution in [-0.4, -0.2) is 0 Å². The van der Waals surface area contributed by atoms with E-state index < -0.39 is 0 Å². The van der Waals surface area contributed by atoms with Crippen LogP contribution in [0.4, 0.5) is 5.69 Å². The zero-order valence-electron chi connectivity index (χ0n) is 10.3. The second-order valence-electron chi connectivity index (χ2n) is 4.20. The Bertz CT molecular complexity index is 495. The van der Waals surface area contributed by atoms with Crippen molar-refractivity contribution in [1.82, 2.24) is 0 Å². The Labute approximate surface area is 103 Å². The summed E-state index contributed by atoms with van der Waals surface area (Å²) in [4.78, 5) is 0. The van der Waals surface area contributed by atoms with Crippen molar-refractivity contribution in [2.24, 2.45) is 0 Å². The average molecular weight is 223 g/mol. The predicted octanol–water partition coefficient (Wildman–Crippen LogP) is 4.47. The molecule has 17 heavy (non-hydrogen) atoms. The van der Waals surface area contributed by atoms with Gasteiger partial charge in [0.2, 0.25) is 0 Å². The molecule has 0 spiro atoms. The summed E-state index contributed by atoms with van der Waals surface area (Å²) in [6, 6.07) is 18.7. The van der Waals surface area contributed by atoms with Crippen molar-refractivity contribution in [3.63, 3.8) is 0 Å². The van der Waals surface area contributed by atoms with Crippen molar-refractivity contribution in [1.29, 1.82) is 0 Å². The van der Waals surface area contributed by atoms with Gasteiger partial charge in [-0.2, -0.15) is 0 Å². The maximum Gasteiger partial charge on any atom is 0.0379 e. The molecule has 2 aromatic rings. The molecular weight excluding hydrogens is 206 g/mol. The molecule has 0 saturated carbocycles. The molecule has 0 bridgehead atoms. The topological polar surface area (TPSA) is 12.0 Å². The molecule has 0 aliphatic carbocycles. The standard InChI is InChI=1S/C16H17N/c1-13-8-10-15(11-9-13)14(2)12-17-16-6-4-3-5-7-16/h3-12,17H,1-2H3/b14-12+. The molecule has 0 atom stereocenters. The van der Waals surface area contributed by atoms with Crippen molar-refractivity contribution in [2.45, 2.75) is 13.8 Å². The zero-order chi connectivity index (χ0) is 12.1. The van der Waals surface area contributed by atoms with Crippen molar-refractivity contribution in [3.05, 3.63) is 71.9 Å². The lowest BCUT2D eigenvalue weighted by Crippen LogP contribution is -1.89. The van der Waals surface area contributed by atoms with Gasteiger partial charge in [-0.1, -0.05) is 48.0 Å². The third kappa shape index (κ3) is 3.22. The molecule has 1 N–H and O–H groups in total. The smallest absolute Gasteiger partial charge is 0.0379 e. The van der Waals surface area contributed by atoms with Gasteiger partial charge in [0, 0.05) is 11.9 Å². The Balaban J connectivity index is 2.10. The van der Waals surface area contributed by atoms with Crippen molar-refractivity contribution in [3.8, 4) is 0 Å². The van der Waals surface area contributed by atoms with Crippen LogP contribution in [0.15, 0.2) is 60.8 Å². The van der Waals surface area contributed by atoms with E-state index in [-0.39, 0.29) is 0 Å². The Morgan fingerprint density at radius 1 is 0.941 bits per heavy atom. The maximum atomic E-state index is 3.30. The summed E-state index contributed by atoms with van der Waals surface area (Å²) in [5.41, 5.74) is 4.88. The molecule has 0 amide bonds. The number of hydrogen-bond acceptors (Lipinski definition) is 1. The molecule has 1 heteroatoms. The van der Waals surface area contributed by atoms with E-state index in [2.05, 4.69) is 55.6 Å². The first kappa shape index (κ1) is 11.5. The van der Waals surface area contributed by atoms with Crippen LogP contribution in [0, 0.1) is 6.92 Å². The lowest BCUT2D eigenvalue weighted by atomic mass is 10.1. The molecule has 0 aliphatic heterocycles. The van der Waals surface area contributed by atoms with Crippen LogP contribution in [0.2, 0.25) is 0 Å². The van der Waals surface area contributed by atoms with Gasteiger partial charge in [-0.05, 0) is 37.1 Å². The van der Waals surface area contributed by atoms with Crippen LogP contribution in [0.3, 0.4) is 0 Å². The molecule has 0 unspecified atom stereocenters. The van der Waals surface area contributed by atoms with E-state index in [1.807, 2.05) is 24.4 Å². The van der Waals surface area contributed by atoms with Gasteiger partial charge in [-0.3, -0.25) is 0 Å². The second-order valence-corrected chi connectivity index (χ2v) is 4.20. The number of benzene rings is 2. The lowest BCUT2D eigenvalue weighted by Gasteiger charge is -2.04. The summed E-state index contributed by atoms with van der Waals surface area (Å²) in [6.45, 7) is 4.21. The van der Waals surface area contributed by atoms with Crippen molar-refractivity contribution >= 4 is 11.3 Å². The van der Waals surface area contributed by atoms with E-state index in [0.717, 1.165) is 5.69 Å². The first-order chi connectivity index (χ1) is 8.25. The number of para-hydroxylation sites is 1. The van der Waals surface area contributed by atoms with Crippen molar-refractivity contribution in [2.75, 3.05) is 5.32 Å². The Morgan fingerprint density at radius 3 is 2.24 bits per heavy atom. The van der Waals surface area contributed by atoms with E-state index in [1.165, 1.54) is 16.7 Å². The summed E-state index contributed by atoms with van der Waals surface area (Å²) < 4.78 is 0. The molecule has 2 rings (SSSR count). The molecule has 0 radical (unpaired) electrons. The van der Waals surface area contributed by atoms with Gasteiger partial charge in [0.05, 0.1) is 0 Å². The van der Waals surface area contributed by atoms with Crippen molar-refractivity contribution < 1.29 is 0 Å². The highest BCUT2D eigenvalue weighted by atomic mass is 14.8. The molecule has 1 nitrogen and oxygen atoms in total. The summed E-state index contributed by atoms with van der Waals surface area (Å²) >= 11 is 0. The molecule has 2 aromatic carbocycles. The molecule has 0 aliphatic rings. The fourth-order valence-corrected chi connectivity index (χ4v) is 1.63. The SMILES string of the molecule is C/C(=C\Nc1ccccc1)c1ccc(C)cc1. The molecule has 86 valence electrons. The number of aryl methyl sites for hydroxylation is 1. The Morgan fingerprint density at radius 2 is 1.59 bits per heavy atom. The van der Waals surface area contributed by atoms with Gasteiger partial charge in [0.1, 0.15) is 0 Å². The zero-order valence-corrected chi connectivity index (χ0v) is 10.3. The maximum absolute atomic E-state index is 3.30. The van der Waals surface area contributed by atoms with E-state index in [1.54, 1.807) is 0 Å². The van der Waals surface area contributed by atoms with Crippen LogP contribution in [0.1, 0.15) is 18.1 Å². The van der Waals surface area contributed by atoms with Gasteiger partial charge in [0.15, 0.2) is 0 Å². The van der Waals surface area contributed by atoms with Gasteiger partial charge in [-0.25, -0.2) is 0 Å². The predicted molar refractivity (Wildman–Crippen MR) is 74.9 cm³/mol. The van der Waals surface area contributed by atoms with Crippen LogP contribution in [0.5, 0.6) is 0 Å². The molecule has 0 heterocycles. The third-order valence-electron chi connectivity index (χ3n) is 2.74. The molecule has 0 fully saturated rings. The quantitative estimate of drug-likeness (QED) is 0.809. The first-order valence-corrected chi connectivity index (χ1v) is 5.81. The summed E-state index contributed by atoms with van der Waals surface area (Å²) in [5, 5.41) is 3.30. The minimum atomic E-state index is 1.11. The van der Waals surface area contributed by atoms with Crippen LogP contribution in [0.25, 0.3) is 5.57 Å². The highest BCUT2D eigenvalue weighted by molar-refractivity contribution is 5.66. The summed E-state index contributed by atoms with van der Waals surface area (Å²) in [6.07, 6.45) is 2.04. The molecule has 0 saturated heterocycles. The minimum absolute atomic E-state index is 1.11. The Kier molecular flexibility index (Phi) is 3.61. The van der Waals surface area contributed by atoms with E-state index in [4.69, 9.17) is 0 Å². The normalized spacial score (nSPS) is 11.3.